The van der Waals surface area contributed by atoms with E-state index in [-0.39, 0.29) is 11.5 Å². The summed E-state index contributed by atoms with van der Waals surface area (Å²) in [5, 5.41) is 68.5. The maximum absolute atomic E-state index is 12.0. The van der Waals surface area contributed by atoms with Crippen LogP contribution in [0.5, 0.6) is 11.5 Å². The van der Waals surface area contributed by atoms with Gasteiger partial charge in [0.15, 0.2) is 17.8 Å². The molecule has 1 heterocycles. The van der Waals surface area contributed by atoms with Crippen molar-refractivity contribution in [2.45, 2.75) is 49.3 Å². The van der Waals surface area contributed by atoms with E-state index in [4.69, 9.17) is 24.1 Å². The number of hydrogen-bond donors (Lipinski definition) is 7. The lowest BCUT2D eigenvalue weighted by atomic mass is 9.99. The molecule has 1 aromatic rings. The monoisotopic (exact) mass is 474 g/mol. The molecule has 0 amide bonds. The normalized spacial score (nSPS) is 28.3. The topological polar surface area (TPSA) is 196 Å². The molecule has 1 aromatic carbocycles. The number of rotatable bonds is 10. The first-order valence-corrected chi connectivity index (χ1v) is 10.0. The number of methoxy groups -OCH3 is 1. The third-order valence-corrected chi connectivity index (χ3v) is 5.13. The lowest BCUT2D eigenvalue weighted by molar-refractivity contribution is -0.308. The maximum atomic E-state index is 12.0. The molecule has 7 atom stereocenters. The first-order valence-electron chi connectivity index (χ1n) is 10.0. The number of phenolic OH excluding ortho intramolecular Hbond substituents is 1. The zero-order valence-corrected chi connectivity index (χ0v) is 18.1. The zero-order valence-electron chi connectivity index (χ0n) is 18.1. The van der Waals surface area contributed by atoms with Gasteiger partial charge in [-0.15, -0.1) is 0 Å². The summed E-state index contributed by atoms with van der Waals surface area (Å²) >= 11 is 0. The average molecular weight is 474 g/mol. The van der Waals surface area contributed by atoms with E-state index in [2.05, 4.69) is 0 Å². The minimum absolute atomic E-state index is 0.0642. The van der Waals surface area contributed by atoms with Crippen LogP contribution in [0.25, 0.3) is 6.08 Å². The van der Waals surface area contributed by atoms with E-state index in [0.717, 1.165) is 6.08 Å². The van der Waals surface area contributed by atoms with Gasteiger partial charge in [-0.1, -0.05) is 6.07 Å². The van der Waals surface area contributed by atoms with Crippen LogP contribution in [0.15, 0.2) is 24.3 Å². The quantitative estimate of drug-likeness (QED) is 0.144. The number of aromatic hydroxyl groups is 1. The van der Waals surface area contributed by atoms with Crippen molar-refractivity contribution in [2.75, 3.05) is 26.9 Å². The predicted molar refractivity (Wildman–Crippen MR) is 111 cm³/mol. The number of carbonyl (C=O) groups excluding carboxylic acids is 1. The molecule has 1 fully saturated rings. The minimum atomic E-state index is -1.87. The summed E-state index contributed by atoms with van der Waals surface area (Å²) in [6.45, 7) is -0.648. The second kappa shape index (κ2) is 11.7. The van der Waals surface area contributed by atoms with Crippen molar-refractivity contribution in [3.05, 3.63) is 29.8 Å². The van der Waals surface area contributed by atoms with Crippen molar-refractivity contribution in [1.82, 2.24) is 0 Å². The molecule has 1 saturated heterocycles. The molecule has 33 heavy (non-hydrogen) atoms. The Balaban J connectivity index is 1.93. The van der Waals surface area contributed by atoms with E-state index in [0.29, 0.717) is 5.56 Å². The number of ether oxygens (including phenoxy) is 4. The Bertz CT molecular complexity index is 810. The van der Waals surface area contributed by atoms with Gasteiger partial charge in [0.25, 0.3) is 0 Å². The van der Waals surface area contributed by atoms with E-state index in [9.17, 15) is 35.4 Å². The van der Waals surface area contributed by atoms with Crippen LogP contribution in [-0.4, -0.2) is 111 Å². The summed E-state index contributed by atoms with van der Waals surface area (Å²) in [5.41, 5.74) is -1.33. The van der Waals surface area contributed by atoms with Crippen LogP contribution >= 0.6 is 0 Å². The number of aliphatic hydroxyl groups excluding tert-OH is 5. The molecule has 0 aromatic heterocycles. The Morgan fingerprint density at radius 3 is 2.58 bits per heavy atom. The molecule has 12 heteroatoms. The first kappa shape index (κ1) is 27.0. The summed E-state index contributed by atoms with van der Waals surface area (Å²) in [5.74, 6) is -0.649. The summed E-state index contributed by atoms with van der Waals surface area (Å²) in [4.78, 5) is 12.0. The van der Waals surface area contributed by atoms with Crippen molar-refractivity contribution < 1.29 is 59.5 Å². The number of benzene rings is 1. The predicted octanol–water partition coefficient (Wildman–Crippen LogP) is -2.11. The van der Waals surface area contributed by atoms with E-state index in [1.54, 1.807) is 0 Å². The summed E-state index contributed by atoms with van der Waals surface area (Å²) in [6, 6.07) is 4.42. The molecule has 12 nitrogen and oxygen atoms in total. The molecule has 1 aliphatic heterocycles. The average Bonchev–Trinajstić information content (AvgIpc) is 2.80. The number of phenols is 1. The van der Waals surface area contributed by atoms with Gasteiger partial charge in [0.1, 0.15) is 42.7 Å². The van der Waals surface area contributed by atoms with Crippen LogP contribution < -0.4 is 4.74 Å². The van der Waals surface area contributed by atoms with Gasteiger partial charge in [0.2, 0.25) is 0 Å². The van der Waals surface area contributed by atoms with Crippen LogP contribution in [0.4, 0.5) is 0 Å². The molecule has 0 unspecified atom stereocenters. The lowest BCUT2D eigenvalue weighted by Crippen LogP contribution is -2.60. The second-order valence-electron chi connectivity index (χ2n) is 7.77. The molecule has 0 aliphatic carbocycles. The van der Waals surface area contributed by atoms with Crippen LogP contribution in [0.1, 0.15) is 12.5 Å². The van der Waals surface area contributed by atoms with Gasteiger partial charge < -0.3 is 54.7 Å². The molecule has 7 N–H and O–H groups in total. The van der Waals surface area contributed by atoms with Gasteiger partial charge in [-0.05, 0) is 30.7 Å². The van der Waals surface area contributed by atoms with Crippen molar-refractivity contribution in [3.63, 3.8) is 0 Å². The van der Waals surface area contributed by atoms with Crippen molar-refractivity contribution in [3.8, 4) is 11.5 Å². The minimum Gasteiger partial charge on any atom is -0.504 e. The smallest absolute Gasteiger partial charge is 0.330 e. The van der Waals surface area contributed by atoms with E-state index < -0.39 is 68.2 Å². The van der Waals surface area contributed by atoms with E-state index >= 15 is 0 Å². The SMILES string of the molecule is COc1cc(C=CC(=O)OC[C@H]2O[C@@H](OC[C@H](O)[C@@](C)(O)CO)[C@H](O)[C@@H](O)[C@@H]2O)ccc1O. The highest BCUT2D eigenvalue weighted by atomic mass is 16.7. The number of esters is 1. The second-order valence-corrected chi connectivity index (χ2v) is 7.77. The fourth-order valence-corrected chi connectivity index (χ4v) is 2.84. The van der Waals surface area contributed by atoms with Gasteiger partial charge in [0, 0.05) is 6.08 Å². The molecule has 0 bridgehead atoms. The highest BCUT2D eigenvalue weighted by molar-refractivity contribution is 5.87. The van der Waals surface area contributed by atoms with Crippen LogP contribution in [-0.2, 0) is 19.0 Å². The molecule has 2 rings (SSSR count). The molecule has 0 radical (unpaired) electrons. The standard InChI is InChI=1S/C21H30O12/c1-21(29,10-22)15(24)9-32-20-19(28)18(27)17(26)14(33-20)8-31-16(25)6-4-11-3-5-12(23)13(7-11)30-2/h3-7,14-15,17-20,22-24,26-29H,8-10H2,1-2H3/t14-,15+,17-,18+,19-,20-,21+/m1/s1. The largest absolute Gasteiger partial charge is 0.504 e. The lowest BCUT2D eigenvalue weighted by Gasteiger charge is -2.40. The summed E-state index contributed by atoms with van der Waals surface area (Å²) in [6.07, 6.45) is -6.84. The van der Waals surface area contributed by atoms with Crippen molar-refractivity contribution >= 4 is 12.0 Å². The Morgan fingerprint density at radius 2 is 1.94 bits per heavy atom. The van der Waals surface area contributed by atoms with Crippen LogP contribution in [0, 0.1) is 0 Å². The molecule has 0 spiro atoms. The van der Waals surface area contributed by atoms with Gasteiger partial charge in [0.05, 0.1) is 20.3 Å². The van der Waals surface area contributed by atoms with Crippen LogP contribution in [0.2, 0.25) is 0 Å². The zero-order chi connectivity index (χ0) is 24.8. The maximum Gasteiger partial charge on any atom is 0.330 e. The van der Waals surface area contributed by atoms with Crippen molar-refractivity contribution in [2.24, 2.45) is 0 Å². The summed E-state index contributed by atoms with van der Waals surface area (Å²) in [7, 11) is 1.38. The van der Waals surface area contributed by atoms with Gasteiger partial charge in [-0.3, -0.25) is 0 Å². The molecule has 1 aliphatic rings. The highest BCUT2D eigenvalue weighted by Gasteiger charge is 2.45. The van der Waals surface area contributed by atoms with E-state index in [1.165, 1.54) is 38.3 Å². The number of hydrogen-bond acceptors (Lipinski definition) is 12. The third kappa shape index (κ3) is 7.09. The Labute approximate surface area is 189 Å². The van der Waals surface area contributed by atoms with Gasteiger partial charge in [-0.2, -0.15) is 0 Å². The fraction of sp³-hybridized carbons (Fsp3) is 0.571. The summed E-state index contributed by atoms with van der Waals surface area (Å²) < 4.78 is 20.5. The molecule has 0 saturated carbocycles. The molecular weight excluding hydrogens is 444 g/mol. The van der Waals surface area contributed by atoms with Crippen molar-refractivity contribution in [1.29, 1.82) is 0 Å². The Hall–Kier alpha value is -2.29. The molecule has 186 valence electrons. The number of carbonyl (C=O) groups is 1. The van der Waals surface area contributed by atoms with E-state index in [1.807, 2.05) is 0 Å². The fourth-order valence-electron chi connectivity index (χ4n) is 2.84. The Morgan fingerprint density at radius 1 is 1.24 bits per heavy atom. The van der Waals surface area contributed by atoms with Crippen LogP contribution in [0.3, 0.4) is 0 Å². The first-order chi connectivity index (χ1) is 15.5. The highest BCUT2D eigenvalue weighted by Crippen LogP contribution is 2.27. The van der Waals surface area contributed by atoms with Gasteiger partial charge >= 0.3 is 5.97 Å². The third-order valence-electron chi connectivity index (χ3n) is 5.13. The number of aliphatic hydroxyl groups is 6. The Kier molecular flexibility index (Phi) is 9.57. The van der Waals surface area contributed by atoms with Gasteiger partial charge in [-0.25, -0.2) is 4.79 Å². The molecular formula is C21H30O12.